The van der Waals surface area contributed by atoms with Crippen LogP contribution in [0.25, 0.3) is 0 Å². The van der Waals surface area contributed by atoms with Gasteiger partial charge in [-0.05, 0) is 19.4 Å². The first kappa shape index (κ1) is 12.3. The highest BCUT2D eigenvalue weighted by Gasteiger charge is 2.37. The van der Waals surface area contributed by atoms with Crippen LogP contribution in [0.15, 0.2) is 0 Å². The van der Waals surface area contributed by atoms with Crippen LogP contribution < -0.4 is 0 Å². The molecule has 0 aliphatic carbocycles. The third-order valence-electron chi connectivity index (χ3n) is 2.47. The first-order chi connectivity index (χ1) is 6.94. The van der Waals surface area contributed by atoms with Crippen molar-refractivity contribution in [3.8, 4) is 0 Å². The number of alkyl halides is 3. The molecule has 1 fully saturated rings. The summed E-state index contributed by atoms with van der Waals surface area (Å²) in [6.07, 6.45) is -2.34. The Labute approximate surface area is 86.2 Å². The Kier molecular flexibility index (Phi) is 3.96. The van der Waals surface area contributed by atoms with E-state index in [4.69, 9.17) is 0 Å². The molecular formula is C9H14F3NO2. The van der Waals surface area contributed by atoms with Gasteiger partial charge in [0, 0.05) is 0 Å². The molecule has 6 heteroatoms. The molecule has 1 rings (SSSR count). The zero-order valence-corrected chi connectivity index (χ0v) is 8.51. The molecule has 0 spiro atoms. The number of carbonyl (C=O) groups is 1. The highest BCUT2D eigenvalue weighted by Crippen LogP contribution is 2.24. The molecule has 1 heterocycles. The van der Waals surface area contributed by atoms with Gasteiger partial charge in [-0.2, -0.15) is 13.2 Å². The van der Waals surface area contributed by atoms with Crippen LogP contribution in [0.1, 0.15) is 19.3 Å². The van der Waals surface area contributed by atoms with Crippen LogP contribution in [-0.4, -0.2) is 43.3 Å². The lowest BCUT2D eigenvalue weighted by Crippen LogP contribution is -2.49. The predicted molar refractivity (Wildman–Crippen MR) is 47.3 cm³/mol. The van der Waals surface area contributed by atoms with Crippen molar-refractivity contribution in [2.75, 3.05) is 20.2 Å². The summed E-state index contributed by atoms with van der Waals surface area (Å²) in [6, 6.07) is -0.731. The van der Waals surface area contributed by atoms with E-state index < -0.39 is 24.7 Å². The maximum absolute atomic E-state index is 12.2. The largest absolute Gasteiger partial charge is 0.468 e. The first-order valence-electron chi connectivity index (χ1n) is 4.82. The normalized spacial score (nSPS) is 23.9. The van der Waals surface area contributed by atoms with Crippen molar-refractivity contribution >= 4 is 5.97 Å². The summed E-state index contributed by atoms with van der Waals surface area (Å²) in [5, 5.41) is 0. The summed E-state index contributed by atoms with van der Waals surface area (Å²) < 4.78 is 41.0. The van der Waals surface area contributed by atoms with Crippen molar-refractivity contribution < 1.29 is 22.7 Å². The molecule has 0 N–H and O–H groups in total. The summed E-state index contributed by atoms with van der Waals surface area (Å²) >= 11 is 0. The summed E-state index contributed by atoms with van der Waals surface area (Å²) in [5.41, 5.74) is 0. The molecular weight excluding hydrogens is 211 g/mol. The van der Waals surface area contributed by atoms with Gasteiger partial charge < -0.3 is 4.74 Å². The maximum atomic E-state index is 12.2. The number of halogens is 3. The van der Waals surface area contributed by atoms with E-state index in [1.165, 1.54) is 7.11 Å². The van der Waals surface area contributed by atoms with Crippen molar-refractivity contribution in [1.29, 1.82) is 0 Å². The second-order valence-corrected chi connectivity index (χ2v) is 3.62. The van der Waals surface area contributed by atoms with E-state index in [1.807, 2.05) is 0 Å². The fourth-order valence-corrected chi connectivity index (χ4v) is 1.81. The molecule has 0 aromatic rings. The minimum Gasteiger partial charge on any atom is -0.468 e. The van der Waals surface area contributed by atoms with E-state index in [2.05, 4.69) is 4.74 Å². The summed E-state index contributed by atoms with van der Waals surface area (Å²) in [6.45, 7) is -0.730. The van der Waals surface area contributed by atoms with Crippen molar-refractivity contribution in [3.05, 3.63) is 0 Å². The molecule has 1 saturated heterocycles. The molecule has 0 aromatic carbocycles. The molecule has 1 aliphatic heterocycles. The average molecular weight is 225 g/mol. The van der Waals surface area contributed by atoms with Crippen molar-refractivity contribution in [2.24, 2.45) is 0 Å². The summed E-state index contributed by atoms with van der Waals surface area (Å²) in [4.78, 5) is 12.4. The lowest BCUT2D eigenvalue weighted by Gasteiger charge is -2.33. The fraction of sp³-hybridized carbons (Fsp3) is 0.889. The van der Waals surface area contributed by atoms with E-state index in [9.17, 15) is 18.0 Å². The number of hydrogen-bond acceptors (Lipinski definition) is 3. The Morgan fingerprint density at radius 3 is 2.67 bits per heavy atom. The maximum Gasteiger partial charge on any atom is 0.401 e. The van der Waals surface area contributed by atoms with Crippen molar-refractivity contribution in [2.45, 2.75) is 31.5 Å². The summed E-state index contributed by atoms with van der Waals surface area (Å²) in [5.74, 6) is -0.570. The molecule has 15 heavy (non-hydrogen) atoms. The number of methoxy groups -OCH3 is 1. The quantitative estimate of drug-likeness (QED) is 0.668. The lowest BCUT2D eigenvalue weighted by atomic mass is 10.0. The Balaban J connectivity index is 2.61. The van der Waals surface area contributed by atoms with Gasteiger partial charge in [-0.3, -0.25) is 9.69 Å². The highest BCUT2D eigenvalue weighted by molar-refractivity contribution is 5.75. The van der Waals surface area contributed by atoms with Gasteiger partial charge in [-0.25, -0.2) is 0 Å². The zero-order chi connectivity index (χ0) is 11.5. The van der Waals surface area contributed by atoms with Gasteiger partial charge in [-0.15, -0.1) is 0 Å². The van der Waals surface area contributed by atoms with Crippen LogP contribution in [-0.2, 0) is 9.53 Å². The molecule has 0 unspecified atom stereocenters. The van der Waals surface area contributed by atoms with Crippen molar-refractivity contribution in [3.63, 3.8) is 0 Å². The number of carbonyl (C=O) groups excluding carboxylic acids is 1. The fourth-order valence-electron chi connectivity index (χ4n) is 1.81. The molecule has 1 aliphatic rings. The van der Waals surface area contributed by atoms with Crippen LogP contribution in [0.3, 0.4) is 0 Å². The molecule has 3 nitrogen and oxygen atoms in total. The standard InChI is InChI=1S/C9H14F3NO2/c1-15-8(14)7-4-2-3-5-13(7)6-9(10,11)12/h7H,2-6H2,1H3/t7-/m0/s1. The van der Waals surface area contributed by atoms with E-state index >= 15 is 0 Å². The van der Waals surface area contributed by atoms with Gasteiger partial charge in [0.2, 0.25) is 0 Å². The van der Waals surface area contributed by atoms with E-state index in [0.717, 1.165) is 11.3 Å². The molecule has 1 atom stereocenters. The second kappa shape index (κ2) is 4.83. The highest BCUT2D eigenvalue weighted by atomic mass is 19.4. The molecule has 0 bridgehead atoms. The van der Waals surface area contributed by atoms with Crippen LogP contribution in [0.2, 0.25) is 0 Å². The number of likely N-dealkylation sites (tertiary alicyclic amines) is 1. The Morgan fingerprint density at radius 2 is 2.13 bits per heavy atom. The van der Waals surface area contributed by atoms with Crippen LogP contribution >= 0.6 is 0 Å². The summed E-state index contributed by atoms with van der Waals surface area (Å²) in [7, 11) is 1.20. The van der Waals surface area contributed by atoms with Gasteiger partial charge in [0.15, 0.2) is 0 Å². The van der Waals surface area contributed by atoms with E-state index in [0.29, 0.717) is 19.4 Å². The van der Waals surface area contributed by atoms with E-state index in [-0.39, 0.29) is 0 Å². The lowest BCUT2D eigenvalue weighted by molar-refractivity contribution is -0.166. The molecule has 88 valence electrons. The first-order valence-corrected chi connectivity index (χ1v) is 4.82. The van der Waals surface area contributed by atoms with Crippen LogP contribution in [0, 0.1) is 0 Å². The van der Waals surface area contributed by atoms with E-state index in [1.54, 1.807) is 0 Å². The molecule has 0 amide bonds. The predicted octanol–water partition coefficient (Wildman–Crippen LogP) is 1.58. The molecule has 0 saturated carbocycles. The molecule has 0 radical (unpaired) electrons. The van der Waals surface area contributed by atoms with Gasteiger partial charge >= 0.3 is 12.1 Å². The van der Waals surface area contributed by atoms with Gasteiger partial charge in [0.25, 0.3) is 0 Å². The zero-order valence-electron chi connectivity index (χ0n) is 8.51. The van der Waals surface area contributed by atoms with Crippen LogP contribution in [0.5, 0.6) is 0 Å². The van der Waals surface area contributed by atoms with Crippen LogP contribution in [0.4, 0.5) is 13.2 Å². The SMILES string of the molecule is COC(=O)[C@@H]1CCCCN1CC(F)(F)F. The van der Waals surface area contributed by atoms with Gasteiger partial charge in [0.1, 0.15) is 6.04 Å². The van der Waals surface area contributed by atoms with Crippen molar-refractivity contribution in [1.82, 2.24) is 4.90 Å². The second-order valence-electron chi connectivity index (χ2n) is 3.62. The number of hydrogen-bond donors (Lipinski definition) is 0. The Bertz CT molecular complexity index is 230. The smallest absolute Gasteiger partial charge is 0.401 e. The molecule has 0 aromatic heterocycles. The number of ether oxygens (including phenoxy) is 1. The third kappa shape index (κ3) is 3.70. The van der Waals surface area contributed by atoms with Gasteiger partial charge in [0.05, 0.1) is 13.7 Å². The topological polar surface area (TPSA) is 29.5 Å². The number of piperidine rings is 1. The minimum atomic E-state index is -4.26. The average Bonchev–Trinajstić information content (AvgIpc) is 2.15. The Morgan fingerprint density at radius 1 is 1.47 bits per heavy atom. The number of rotatable bonds is 2. The Hall–Kier alpha value is -0.780. The third-order valence-corrected chi connectivity index (χ3v) is 2.47. The van der Waals surface area contributed by atoms with Gasteiger partial charge in [-0.1, -0.05) is 6.42 Å². The number of esters is 1. The minimum absolute atomic E-state index is 0.305. The number of nitrogens with zero attached hydrogens (tertiary/aromatic N) is 1. The monoisotopic (exact) mass is 225 g/mol.